The van der Waals surface area contributed by atoms with E-state index in [0.717, 1.165) is 40.7 Å². The van der Waals surface area contributed by atoms with E-state index in [9.17, 15) is 4.79 Å². The monoisotopic (exact) mass is 361 g/mol. The van der Waals surface area contributed by atoms with Gasteiger partial charge >= 0.3 is 0 Å². The lowest BCUT2D eigenvalue weighted by molar-refractivity contribution is -0.115. The number of nitrogens with zero attached hydrogens (tertiary/aromatic N) is 1. The van der Waals surface area contributed by atoms with Crippen molar-refractivity contribution < 1.29 is 4.79 Å². The molecule has 27 heavy (non-hydrogen) atoms. The molecule has 4 nitrogen and oxygen atoms in total. The molecule has 2 aromatic carbocycles. The molecule has 0 fully saturated rings. The summed E-state index contributed by atoms with van der Waals surface area (Å²) in [5, 5.41) is 7.41. The van der Waals surface area contributed by atoms with Gasteiger partial charge in [0, 0.05) is 17.1 Å². The molecule has 1 aromatic heterocycles. The Bertz CT molecular complexity index is 922. The van der Waals surface area contributed by atoms with Crippen molar-refractivity contribution in [2.75, 3.05) is 11.9 Å². The van der Waals surface area contributed by atoms with Crippen molar-refractivity contribution >= 4 is 22.5 Å². The Labute approximate surface area is 161 Å². The normalized spacial score (nSPS) is 12.1. The Hall–Kier alpha value is -2.72. The first-order valence-electron chi connectivity index (χ1n) is 9.53. The molecule has 0 radical (unpaired) electrons. The van der Waals surface area contributed by atoms with Crippen LogP contribution < -0.4 is 10.6 Å². The van der Waals surface area contributed by atoms with Crippen molar-refractivity contribution in [3.05, 3.63) is 71.4 Å². The molecule has 0 bridgehead atoms. The first-order chi connectivity index (χ1) is 13.1. The second kappa shape index (κ2) is 8.78. The first-order valence-corrected chi connectivity index (χ1v) is 9.53. The van der Waals surface area contributed by atoms with Crippen LogP contribution in [0.2, 0.25) is 0 Å². The number of para-hydroxylation sites is 1. The van der Waals surface area contributed by atoms with Crippen LogP contribution in [0.15, 0.2) is 54.6 Å². The molecular formula is C23H27N3O. The molecule has 0 saturated carbocycles. The van der Waals surface area contributed by atoms with Crippen molar-refractivity contribution in [2.45, 2.75) is 39.7 Å². The van der Waals surface area contributed by atoms with Gasteiger partial charge in [-0.25, -0.2) is 0 Å². The number of carbonyl (C=O) groups excluding carboxylic acids is 1. The topological polar surface area (TPSA) is 54.0 Å². The molecule has 3 rings (SSSR count). The fourth-order valence-corrected chi connectivity index (χ4v) is 3.35. The van der Waals surface area contributed by atoms with E-state index in [0.29, 0.717) is 0 Å². The highest BCUT2D eigenvalue weighted by atomic mass is 16.1. The van der Waals surface area contributed by atoms with Gasteiger partial charge in [0.1, 0.15) is 0 Å². The van der Waals surface area contributed by atoms with Gasteiger partial charge in [0.25, 0.3) is 0 Å². The number of hydrogen-bond donors (Lipinski definition) is 2. The SMILES string of the molecule is CCc1nc2ccccc2c(NC(=O)CN[C@H](C)Cc2ccccc2)c1C. The molecule has 0 aliphatic heterocycles. The lowest BCUT2D eigenvalue weighted by atomic mass is 10.1. The maximum Gasteiger partial charge on any atom is 0.238 e. The Balaban J connectivity index is 1.68. The predicted octanol–water partition coefficient (Wildman–Crippen LogP) is 4.26. The zero-order chi connectivity index (χ0) is 19.2. The minimum atomic E-state index is -0.0311. The first kappa shape index (κ1) is 19.1. The summed E-state index contributed by atoms with van der Waals surface area (Å²) in [5.74, 6) is -0.0311. The largest absolute Gasteiger partial charge is 0.324 e. The highest BCUT2D eigenvalue weighted by molar-refractivity contribution is 6.03. The molecule has 140 valence electrons. The second-order valence-electron chi connectivity index (χ2n) is 6.95. The van der Waals surface area contributed by atoms with Crippen LogP contribution >= 0.6 is 0 Å². The van der Waals surface area contributed by atoms with Crippen LogP contribution in [0.4, 0.5) is 5.69 Å². The molecule has 1 heterocycles. The van der Waals surface area contributed by atoms with E-state index in [1.807, 2.05) is 49.4 Å². The molecule has 1 amide bonds. The van der Waals surface area contributed by atoms with Crippen LogP contribution in [-0.4, -0.2) is 23.5 Å². The molecule has 0 aliphatic rings. The van der Waals surface area contributed by atoms with E-state index < -0.39 is 0 Å². The van der Waals surface area contributed by atoms with Crippen molar-refractivity contribution in [1.82, 2.24) is 10.3 Å². The van der Waals surface area contributed by atoms with Gasteiger partial charge in [-0.15, -0.1) is 0 Å². The van der Waals surface area contributed by atoms with E-state index >= 15 is 0 Å². The van der Waals surface area contributed by atoms with E-state index in [2.05, 4.69) is 36.6 Å². The number of fused-ring (bicyclic) bond motifs is 1. The summed E-state index contributed by atoms with van der Waals surface area (Å²) >= 11 is 0. The van der Waals surface area contributed by atoms with E-state index in [1.165, 1.54) is 5.56 Å². The van der Waals surface area contributed by atoms with Gasteiger partial charge in [0.05, 0.1) is 17.7 Å². The van der Waals surface area contributed by atoms with E-state index in [4.69, 9.17) is 4.98 Å². The molecule has 3 aromatic rings. The molecule has 2 N–H and O–H groups in total. The minimum Gasteiger partial charge on any atom is -0.324 e. The Morgan fingerprint density at radius 2 is 1.78 bits per heavy atom. The third-order valence-corrected chi connectivity index (χ3v) is 4.83. The zero-order valence-electron chi connectivity index (χ0n) is 16.3. The van der Waals surface area contributed by atoms with Crippen LogP contribution in [0.3, 0.4) is 0 Å². The fourth-order valence-electron chi connectivity index (χ4n) is 3.35. The van der Waals surface area contributed by atoms with Gasteiger partial charge < -0.3 is 10.6 Å². The van der Waals surface area contributed by atoms with Crippen molar-refractivity contribution in [3.8, 4) is 0 Å². The van der Waals surface area contributed by atoms with E-state index in [1.54, 1.807) is 0 Å². The standard InChI is InChI=1S/C23H27N3O/c1-4-20-17(3)23(19-12-8-9-13-21(19)25-20)26-22(27)15-24-16(2)14-18-10-6-5-7-11-18/h5-13,16,24H,4,14-15H2,1-3H3,(H,25,26,27)/t16-/m1/s1. The lowest BCUT2D eigenvalue weighted by Gasteiger charge is -2.17. The summed E-state index contributed by atoms with van der Waals surface area (Å²) < 4.78 is 0. The molecule has 4 heteroatoms. The summed E-state index contributed by atoms with van der Waals surface area (Å²) in [5.41, 5.74) is 5.12. The van der Waals surface area contributed by atoms with E-state index in [-0.39, 0.29) is 18.5 Å². The Morgan fingerprint density at radius 1 is 1.07 bits per heavy atom. The zero-order valence-corrected chi connectivity index (χ0v) is 16.3. The van der Waals surface area contributed by atoms with Gasteiger partial charge in [-0.05, 0) is 43.9 Å². The molecule has 0 aliphatic carbocycles. The summed E-state index contributed by atoms with van der Waals surface area (Å²) in [6, 6.07) is 18.5. The van der Waals surface area contributed by atoms with Crippen LogP contribution in [0, 0.1) is 6.92 Å². The molecule has 0 spiro atoms. The van der Waals surface area contributed by atoms with Gasteiger partial charge in [-0.2, -0.15) is 0 Å². The number of hydrogen-bond acceptors (Lipinski definition) is 3. The second-order valence-corrected chi connectivity index (χ2v) is 6.95. The molecular weight excluding hydrogens is 334 g/mol. The van der Waals surface area contributed by atoms with Gasteiger partial charge in [0.15, 0.2) is 0 Å². The summed E-state index contributed by atoms with van der Waals surface area (Å²) in [4.78, 5) is 17.3. The minimum absolute atomic E-state index is 0.0311. The summed E-state index contributed by atoms with van der Waals surface area (Å²) in [7, 11) is 0. The fraction of sp³-hybridized carbons (Fsp3) is 0.304. The number of amides is 1. The third kappa shape index (κ3) is 4.72. The third-order valence-electron chi connectivity index (χ3n) is 4.83. The number of nitrogens with one attached hydrogen (secondary N) is 2. The van der Waals surface area contributed by atoms with Crippen LogP contribution in [-0.2, 0) is 17.6 Å². The van der Waals surface area contributed by atoms with Crippen LogP contribution in [0.1, 0.15) is 30.7 Å². The number of anilines is 1. The summed E-state index contributed by atoms with van der Waals surface area (Å²) in [6.45, 7) is 6.50. The number of aryl methyl sites for hydroxylation is 1. The van der Waals surface area contributed by atoms with Gasteiger partial charge in [0.2, 0.25) is 5.91 Å². The number of carbonyl (C=O) groups is 1. The average molecular weight is 361 g/mol. The molecule has 0 unspecified atom stereocenters. The number of rotatable bonds is 7. The van der Waals surface area contributed by atoms with Gasteiger partial charge in [-0.1, -0.05) is 55.5 Å². The van der Waals surface area contributed by atoms with Crippen LogP contribution in [0.25, 0.3) is 10.9 Å². The Morgan fingerprint density at radius 3 is 2.52 bits per heavy atom. The van der Waals surface area contributed by atoms with Crippen molar-refractivity contribution in [2.24, 2.45) is 0 Å². The smallest absolute Gasteiger partial charge is 0.238 e. The molecule has 0 saturated heterocycles. The van der Waals surface area contributed by atoms with Crippen molar-refractivity contribution in [3.63, 3.8) is 0 Å². The highest BCUT2D eigenvalue weighted by Gasteiger charge is 2.14. The van der Waals surface area contributed by atoms with Crippen LogP contribution in [0.5, 0.6) is 0 Å². The maximum absolute atomic E-state index is 12.6. The number of benzene rings is 2. The molecule has 1 atom stereocenters. The Kier molecular flexibility index (Phi) is 6.20. The van der Waals surface area contributed by atoms with Gasteiger partial charge in [-0.3, -0.25) is 9.78 Å². The summed E-state index contributed by atoms with van der Waals surface area (Å²) in [6.07, 6.45) is 1.73. The number of aromatic nitrogens is 1. The number of pyridine rings is 1. The lowest BCUT2D eigenvalue weighted by Crippen LogP contribution is -2.35. The maximum atomic E-state index is 12.6. The predicted molar refractivity (Wildman–Crippen MR) is 112 cm³/mol. The highest BCUT2D eigenvalue weighted by Crippen LogP contribution is 2.28. The average Bonchev–Trinajstić information content (AvgIpc) is 2.69. The van der Waals surface area contributed by atoms with Crippen molar-refractivity contribution in [1.29, 1.82) is 0 Å². The quantitative estimate of drug-likeness (QED) is 0.661.